The van der Waals surface area contributed by atoms with E-state index >= 15 is 0 Å². The van der Waals surface area contributed by atoms with Gasteiger partial charge in [0.05, 0.1) is 6.54 Å². The second-order valence-corrected chi connectivity index (χ2v) is 5.05. The molecule has 0 aliphatic rings. The van der Waals surface area contributed by atoms with E-state index in [-0.39, 0.29) is 5.91 Å². The van der Waals surface area contributed by atoms with Crippen LogP contribution >= 0.6 is 15.9 Å². The van der Waals surface area contributed by atoms with Gasteiger partial charge in [-0.3, -0.25) is 9.69 Å². The number of halogens is 1. The molecule has 1 rings (SSSR count). The number of carbonyl (C=O) groups excluding carboxylic acids is 1. The van der Waals surface area contributed by atoms with Gasteiger partial charge in [0.25, 0.3) is 0 Å². The topological polar surface area (TPSA) is 58.4 Å². The van der Waals surface area contributed by atoms with Gasteiger partial charge in [-0.25, -0.2) is 0 Å². The summed E-state index contributed by atoms with van der Waals surface area (Å²) in [6.45, 7) is 4.04. The second kappa shape index (κ2) is 7.38. The zero-order valence-electron chi connectivity index (χ0n) is 10.9. The summed E-state index contributed by atoms with van der Waals surface area (Å²) in [5, 5.41) is 2.65. The fraction of sp³-hybridized carbons (Fsp3) is 0.462. The van der Waals surface area contributed by atoms with E-state index in [1.165, 1.54) is 0 Å². The Kier molecular flexibility index (Phi) is 6.15. The lowest BCUT2D eigenvalue weighted by Crippen LogP contribution is -2.35. The van der Waals surface area contributed by atoms with E-state index in [0.29, 0.717) is 13.1 Å². The summed E-state index contributed by atoms with van der Waals surface area (Å²) in [4.78, 5) is 13.6. The molecule has 1 aromatic carbocycles. The number of benzene rings is 1. The van der Waals surface area contributed by atoms with E-state index in [4.69, 9.17) is 5.73 Å². The van der Waals surface area contributed by atoms with Crippen LogP contribution in [0.5, 0.6) is 0 Å². The van der Waals surface area contributed by atoms with Gasteiger partial charge in [-0.1, -0.05) is 28.9 Å². The minimum atomic E-state index is 0.0223. The number of hydrogen-bond acceptors (Lipinski definition) is 3. The summed E-state index contributed by atoms with van der Waals surface area (Å²) in [6, 6.07) is 5.76. The molecule has 4 nitrogen and oxygen atoms in total. The van der Waals surface area contributed by atoms with Crippen molar-refractivity contribution in [3.05, 3.63) is 28.2 Å². The number of hydrogen-bond donors (Lipinski definition) is 2. The van der Waals surface area contributed by atoms with E-state index in [1.54, 1.807) is 7.05 Å². The molecule has 0 heterocycles. The van der Waals surface area contributed by atoms with Crippen LogP contribution in [0.1, 0.15) is 18.9 Å². The molecule has 0 atom stereocenters. The van der Waals surface area contributed by atoms with Crippen molar-refractivity contribution in [2.75, 3.05) is 25.9 Å². The highest BCUT2D eigenvalue weighted by molar-refractivity contribution is 9.10. The molecule has 0 unspecified atom stereocenters. The third-order valence-electron chi connectivity index (χ3n) is 2.72. The lowest BCUT2D eigenvalue weighted by Gasteiger charge is -2.22. The molecule has 0 aliphatic heterocycles. The van der Waals surface area contributed by atoms with Crippen LogP contribution in [0.3, 0.4) is 0 Å². The molecule has 100 valence electrons. The maximum absolute atomic E-state index is 11.5. The molecule has 0 fully saturated rings. The Balaban J connectivity index is 2.79. The summed E-state index contributed by atoms with van der Waals surface area (Å²) in [5.74, 6) is 0.0223. The number of likely N-dealkylation sites (N-methyl/N-ethyl adjacent to an activating group) is 1. The number of rotatable bonds is 6. The highest BCUT2D eigenvalue weighted by Gasteiger charge is 2.12. The summed E-state index contributed by atoms with van der Waals surface area (Å²) in [7, 11) is 1.65. The highest BCUT2D eigenvalue weighted by Crippen LogP contribution is 2.24. The molecule has 5 heteroatoms. The molecule has 0 spiro atoms. The number of nitrogens with two attached hydrogens (primary N) is 1. The number of nitrogen functional groups attached to an aromatic ring is 1. The number of carbonyl (C=O) groups is 1. The third kappa shape index (κ3) is 4.31. The first-order valence-corrected chi connectivity index (χ1v) is 6.83. The van der Waals surface area contributed by atoms with Crippen molar-refractivity contribution in [1.29, 1.82) is 0 Å². The average molecular weight is 314 g/mol. The average Bonchev–Trinajstić information content (AvgIpc) is 2.34. The predicted octanol–water partition coefficient (Wildman–Crippen LogP) is 1.99. The molecular formula is C13H20BrN3O. The van der Waals surface area contributed by atoms with Crippen molar-refractivity contribution in [3.8, 4) is 0 Å². The maximum Gasteiger partial charge on any atom is 0.233 e. The van der Waals surface area contributed by atoms with Crippen molar-refractivity contribution < 1.29 is 4.79 Å². The molecule has 3 N–H and O–H groups in total. The lowest BCUT2D eigenvalue weighted by atomic mass is 10.1. The number of anilines is 1. The Labute approximate surface area is 117 Å². The van der Waals surface area contributed by atoms with Gasteiger partial charge >= 0.3 is 0 Å². The fourth-order valence-electron chi connectivity index (χ4n) is 1.78. The first-order valence-electron chi connectivity index (χ1n) is 6.04. The normalized spacial score (nSPS) is 10.7. The Hall–Kier alpha value is -1.07. The van der Waals surface area contributed by atoms with Gasteiger partial charge in [0.1, 0.15) is 0 Å². The van der Waals surface area contributed by atoms with Gasteiger partial charge in [-0.15, -0.1) is 0 Å². The highest BCUT2D eigenvalue weighted by atomic mass is 79.9. The smallest absolute Gasteiger partial charge is 0.233 e. The van der Waals surface area contributed by atoms with Gasteiger partial charge in [-0.2, -0.15) is 0 Å². The molecule has 1 aromatic rings. The first-order chi connectivity index (χ1) is 8.58. The quantitative estimate of drug-likeness (QED) is 0.790. The van der Waals surface area contributed by atoms with Crippen LogP contribution in [0.4, 0.5) is 5.69 Å². The van der Waals surface area contributed by atoms with E-state index in [9.17, 15) is 4.79 Å². The van der Waals surface area contributed by atoms with Crippen molar-refractivity contribution >= 4 is 27.5 Å². The number of nitrogens with one attached hydrogen (secondary N) is 1. The van der Waals surface area contributed by atoms with Crippen molar-refractivity contribution in [3.63, 3.8) is 0 Å². The standard InChI is InChI=1S/C13H20BrN3O/c1-3-7-17(9-13(18)16-2)8-10-11(14)5-4-6-12(10)15/h4-6H,3,7-9,15H2,1-2H3,(H,16,18). The molecule has 18 heavy (non-hydrogen) atoms. The van der Waals surface area contributed by atoms with Gasteiger partial charge in [0, 0.05) is 29.3 Å². The van der Waals surface area contributed by atoms with Gasteiger partial charge in [-0.05, 0) is 25.1 Å². The largest absolute Gasteiger partial charge is 0.398 e. The summed E-state index contributed by atoms with van der Waals surface area (Å²) in [5.41, 5.74) is 7.76. The summed E-state index contributed by atoms with van der Waals surface area (Å²) < 4.78 is 0.987. The van der Waals surface area contributed by atoms with Crippen LogP contribution in [-0.4, -0.2) is 30.9 Å². The molecule has 0 radical (unpaired) electrons. The lowest BCUT2D eigenvalue weighted by molar-refractivity contribution is -0.121. The molecule has 1 amide bonds. The minimum absolute atomic E-state index is 0.0223. The SMILES string of the molecule is CCCN(CC(=O)NC)Cc1c(N)cccc1Br. The van der Waals surface area contributed by atoms with E-state index in [2.05, 4.69) is 33.1 Å². The summed E-state index contributed by atoms with van der Waals surface area (Å²) in [6.07, 6.45) is 1.00. The number of nitrogens with zero attached hydrogens (tertiary/aromatic N) is 1. The van der Waals surface area contributed by atoms with Crippen LogP contribution in [-0.2, 0) is 11.3 Å². The molecule has 0 saturated carbocycles. The minimum Gasteiger partial charge on any atom is -0.398 e. The third-order valence-corrected chi connectivity index (χ3v) is 3.47. The van der Waals surface area contributed by atoms with E-state index in [0.717, 1.165) is 28.7 Å². The van der Waals surface area contributed by atoms with E-state index < -0.39 is 0 Å². The van der Waals surface area contributed by atoms with E-state index in [1.807, 2.05) is 18.2 Å². The summed E-state index contributed by atoms with van der Waals surface area (Å²) >= 11 is 3.50. The Morgan fingerprint density at radius 2 is 2.22 bits per heavy atom. The van der Waals surface area contributed by atoms with Gasteiger partial charge < -0.3 is 11.1 Å². The second-order valence-electron chi connectivity index (χ2n) is 4.19. The molecular weight excluding hydrogens is 294 g/mol. The van der Waals surface area contributed by atoms with Crippen LogP contribution in [0.25, 0.3) is 0 Å². The predicted molar refractivity (Wildman–Crippen MR) is 78.2 cm³/mol. The van der Waals surface area contributed by atoms with Crippen molar-refractivity contribution in [2.24, 2.45) is 0 Å². The maximum atomic E-state index is 11.5. The molecule has 0 bridgehead atoms. The Bertz CT molecular complexity index is 389. The number of amides is 1. The van der Waals surface area contributed by atoms with Crippen molar-refractivity contribution in [2.45, 2.75) is 19.9 Å². The first kappa shape index (κ1) is 15.0. The van der Waals surface area contributed by atoms with Crippen LogP contribution in [0.2, 0.25) is 0 Å². The van der Waals surface area contributed by atoms with Crippen LogP contribution in [0.15, 0.2) is 22.7 Å². The molecule has 0 saturated heterocycles. The van der Waals surface area contributed by atoms with Crippen LogP contribution in [0, 0.1) is 0 Å². The Morgan fingerprint density at radius 1 is 1.50 bits per heavy atom. The Morgan fingerprint density at radius 3 is 2.78 bits per heavy atom. The van der Waals surface area contributed by atoms with Gasteiger partial charge in [0.15, 0.2) is 0 Å². The zero-order chi connectivity index (χ0) is 13.5. The van der Waals surface area contributed by atoms with Gasteiger partial charge in [0.2, 0.25) is 5.91 Å². The van der Waals surface area contributed by atoms with Crippen LogP contribution < -0.4 is 11.1 Å². The molecule has 0 aromatic heterocycles. The zero-order valence-corrected chi connectivity index (χ0v) is 12.5. The molecule has 0 aliphatic carbocycles. The van der Waals surface area contributed by atoms with Crippen molar-refractivity contribution in [1.82, 2.24) is 10.2 Å². The monoisotopic (exact) mass is 313 g/mol. The fourth-order valence-corrected chi connectivity index (χ4v) is 2.29.